The highest BCUT2D eigenvalue weighted by Gasteiger charge is 2.38. The van der Waals surface area contributed by atoms with Crippen LogP contribution in [0.15, 0.2) is 46.9 Å². The Labute approximate surface area is 167 Å². The predicted octanol–water partition coefficient (Wildman–Crippen LogP) is 3.75. The van der Waals surface area contributed by atoms with Gasteiger partial charge in [-0.1, -0.05) is 0 Å². The Morgan fingerprint density at radius 1 is 1.18 bits per heavy atom. The number of aromatic nitrogens is 1. The lowest BCUT2D eigenvalue weighted by Gasteiger charge is -2.34. The number of fused-ring (bicyclic) bond motifs is 1. The number of carbonyl (C=O) groups is 1. The van der Waals surface area contributed by atoms with E-state index in [4.69, 9.17) is 14.9 Å². The zero-order valence-electron chi connectivity index (χ0n) is 15.1. The van der Waals surface area contributed by atoms with Crippen molar-refractivity contribution >= 4 is 35.1 Å². The van der Waals surface area contributed by atoms with Gasteiger partial charge in [0.15, 0.2) is 5.58 Å². The van der Waals surface area contributed by atoms with Crippen LogP contribution in [0.25, 0.3) is 22.6 Å². The van der Waals surface area contributed by atoms with Crippen molar-refractivity contribution in [3.8, 4) is 11.5 Å². The molecule has 1 amide bonds. The van der Waals surface area contributed by atoms with Gasteiger partial charge in [0.1, 0.15) is 11.3 Å². The average molecular weight is 406 g/mol. The minimum Gasteiger partial charge on any atom is -0.436 e. The van der Waals surface area contributed by atoms with Gasteiger partial charge in [-0.2, -0.15) is 0 Å². The van der Waals surface area contributed by atoms with Crippen molar-refractivity contribution in [2.24, 2.45) is 11.1 Å². The molecule has 0 atom stereocenters. The Morgan fingerprint density at radius 3 is 2.57 bits per heavy atom. The average Bonchev–Trinajstić information content (AvgIpc) is 3.12. The van der Waals surface area contributed by atoms with Gasteiger partial charge in [-0.25, -0.2) is 9.37 Å². The lowest BCUT2D eigenvalue weighted by atomic mass is 9.79. The fraction of sp³-hybridized carbons (Fsp3) is 0.300. The number of amides is 1. The third kappa shape index (κ3) is 3.87. The molecule has 28 heavy (non-hydrogen) atoms. The Bertz CT molecular complexity index is 968. The number of rotatable bonds is 4. The first-order chi connectivity index (χ1) is 13.1. The smallest absolute Gasteiger partial charge is 0.232 e. The van der Waals surface area contributed by atoms with Crippen LogP contribution in [0, 0.1) is 11.2 Å². The minimum absolute atomic E-state index is 0. The maximum Gasteiger partial charge on any atom is 0.232 e. The summed E-state index contributed by atoms with van der Waals surface area (Å²) in [5.74, 6) is -0.0240. The van der Waals surface area contributed by atoms with Crippen molar-refractivity contribution in [2.75, 3.05) is 25.1 Å². The molecule has 148 valence electrons. The van der Waals surface area contributed by atoms with Gasteiger partial charge in [0.2, 0.25) is 11.8 Å². The summed E-state index contributed by atoms with van der Waals surface area (Å²) < 4.78 is 24.2. The molecule has 1 aliphatic rings. The number of nitrogens with one attached hydrogen (secondary N) is 1. The number of oxazole rings is 1. The molecular formula is C20H21ClFN3O3. The third-order valence-corrected chi connectivity index (χ3v) is 5.06. The third-order valence-electron chi connectivity index (χ3n) is 5.06. The molecule has 1 fully saturated rings. The van der Waals surface area contributed by atoms with Gasteiger partial charge in [-0.15, -0.1) is 12.4 Å². The van der Waals surface area contributed by atoms with Crippen molar-refractivity contribution in [1.82, 2.24) is 4.98 Å². The molecule has 0 unspecified atom stereocenters. The van der Waals surface area contributed by atoms with Crippen molar-refractivity contribution in [3.63, 3.8) is 0 Å². The predicted molar refractivity (Wildman–Crippen MR) is 107 cm³/mol. The van der Waals surface area contributed by atoms with Crippen molar-refractivity contribution in [3.05, 3.63) is 48.3 Å². The van der Waals surface area contributed by atoms with Crippen LogP contribution in [0.5, 0.6) is 0 Å². The maximum absolute atomic E-state index is 13.1. The van der Waals surface area contributed by atoms with Gasteiger partial charge < -0.3 is 20.2 Å². The van der Waals surface area contributed by atoms with E-state index in [-0.39, 0.29) is 30.7 Å². The molecular weight excluding hydrogens is 385 g/mol. The van der Waals surface area contributed by atoms with E-state index in [1.54, 1.807) is 30.3 Å². The van der Waals surface area contributed by atoms with E-state index in [1.165, 1.54) is 12.1 Å². The number of hydrogen-bond donors (Lipinski definition) is 2. The van der Waals surface area contributed by atoms with Crippen LogP contribution in [-0.4, -0.2) is 30.6 Å². The number of ether oxygens (including phenoxy) is 1. The first-order valence-electron chi connectivity index (χ1n) is 8.85. The number of hydrogen-bond acceptors (Lipinski definition) is 5. The highest BCUT2D eigenvalue weighted by atomic mass is 35.5. The van der Waals surface area contributed by atoms with Crippen LogP contribution in [0.1, 0.15) is 12.8 Å². The lowest BCUT2D eigenvalue weighted by molar-refractivity contribution is -0.130. The van der Waals surface area contributed by atoms with Crippen molar-refractivity contribution in [1.29, 1.82) is 0 Å². The number of halogens is 2. The van der Waals surface area contributed by atoms with Crippen LogP contribution < -0.4 is 11.1 Å². The van der Waals surface area contributed by atoms with Gasteiger partial charge in [-0.05, 0) is 49.2 Å². The summed E-state index contributed by atoms with van der Waals surface area (Å²) in [7, 11) is 0. The summed E-state index contributed by atoms with van der Waals surface area (Å²) in [4.78, 5) is 17.2. The standard InChI is InChI=1S/C20H20FN3O3.ClH/c21-14-3-1-13(2-4-14)18-24-16-6-5-15(11-17(16)27-18)23-19(25)20(12-22)7-9-26-10-8-20;/h1-6,11H,7-10,12,22H2,(H,23,25);1H. The molecule has 2 heterocycles. The van der Waals surface area contributed by atoms with E-state index in [9.17, 15) is 9.18 Å². The number of anilines is 1. The van der Waals surface area contributed by atoms with Crippen molar-refractivity contribution < 1.29 is 18.3 Å². The molecule has 0 spiro atoms. The molecule has 4 rings (SSSR count). The summed E-state index contributed by atoms with van der Waals surface area (Å²) in [5, 5.41) is 2.94. The summed E-state index contributed by atoms with van der Waals surface area (Å²) >= 11 is 0. The Morgan fingerprint density at radius 2 is 1.89 bits per heavy atom. The van der Waals surface area contributed by atoms with E-state index in [0.29, 0.717) is 54.3 Å². The van der Waals surface area contributed by atoms with Gasteiger partial charge in [-0.3, -0.25) is 4.79 Å². The second-order valence-electron chi connectivity index (χ2n) is 6.76. The summed E-state index contributed by atoms with van der Waals surface area (Å²) in [5.41, 5.74) is 7.79. The zero-order valence-corrected chi connectivity index (χ0v) is 15.9. The largest absolute Gasteiger partial charge is 0.436 e. The van der Waals surface area contributed by atoms with Crippen LogP contribution in [-0.2, 0) is 9.53 Å². The molecule has 0 bridgehead atoms. The molecule has 2 aromatic carbocycles. The lowest BCUT2D eigenvalue weighted by Crippen LogP contribution is -2.46. The van der Waals surface area contributed by atoms with Crippen LogP contribution in [0.3, 0.4) is 0 Å². The number of nitrogens with zero attached hydrogens (tertiary/aromatic N) is 1. The topological polar surface area (TPSA) is 90.4 Å². The molecule has 0 aliphatic carbocycles. The highest BCUT2D eigenvalue weighted by molar-refractivity contribution is 5.97. The molecule has 3 aromatic rings. The molecule has 1 aromatic heterocycles. The van der Waals surface area contributed by atoms with Crippen molar-refractivity contribution in [2.45, 2.75) is 12.8 Å². The van der Waals surface area contributed by atoms with E-state index >= 15 is 0 Å². The summed E-state index contributed by atoms with van der Waals surface area (Å²) in [6.45, 7) is 1.35. The number of benzene rings is 2. The molecule has 0 saturated carbocycles. The van der Waals surface area contributed by atoms with Gasteiger partial charge in [0.25, 0.3) is 0 Å². The van der Waals surface area contributed by atoms with Crippen LogP contribution in [0.4, 0.5) is 10.1 Å². The highest BCUT2D eigenvalue weighted by Crippen LogP contribution is 2.32. The molecule has 1 aliphatic heterocycles. The molecule has 1 saturated heterocycles. The fourth-order valence-electron chi connectivity index (χ4n) is 3.27. The SMILES string of the molecule is Cl.NCC1(C(=O)Nc2ccc3nc(-c4ccc(F)cc4)oc3c2)CCOCC1. The Kier molecular flexibility index (Phi) is 5.98. The molecule has 0 radical (unpaired) electrons. The maximum atomic E-state index is 13.1. The van der Waals surface area contributed by atoms with E-state index in [0.717, 1.165) is 0 Å². The van der Waals surface area contributed by atoms with Gasteiger partial charge in [0.05, 0.1) is 5.41 Å². The minimum atomic E-state index is -0.603. The Balaban J connectivity index is 0.00000225. The normalized spacial score (nSPS) is 15.8. The van der Waals surface area contributed by atoms with Crippen LogP contribution >= 0.6 is 12.4 Å². The van der Waals surface area contributed by atoms with E-state index in [2.05, 4.69) is 10.3 Å². The second-order valence-corrected chi connectivity index (χ2v) is 6.76. The number of carbonyl (C=O) groups excluding carboxylic acids is 1. The molecule has 8 heteroatoms. The number of nitrogens with two attached hydrogens (primary N) is 1. The monoisotopic (exact) mass is 405 g/mol. The zero-order chi connectivity index (χ0) is 18.9. The first kappa shape index (κ1) is 20.3. The first-order valence-corrected chi connectivity index (χ1v) is 8.85. The Hall–Kier alpha value is -2.48. The van der Waals surface area contributed by atoms with Gasteiger partial charge >= 0.3 is 0 Å². The fourth-order valence-corrected chi connectivity index (χ4v) is 3.27. The summed E-state index contributed by atoms with van der Waals surface area (Å²) in [6.07, 6.45) is 1.21. The second kappa shape index (κ2) is 8.26. The van der Waals surface area contributed by atoms with E-state index in [1.807, 2.05) is 0 Å². The van der Waals surface area contributed by atoms with E-state index < -0.39 is 5.41 Å². The van der Waals surface area contributed by atoms with Crippen LogP contribution in [0.2, 0.25) is 0 Å². The summed E-state index contributed by atoms with van der Waals surface area (Å²) in [6, 6.07) is 11.2. The van der Waals surface area contributed by atoms with Gasteiger partial charge in [0, 0.05) is 37.1 Å². The molecule has 6 nitrogen and oxygen atoms in total. The quantitative estimate of drug-likeness (QED) is 0.689. The molecule has 3 N–H and O–H groups in total.